The van der Waals surface area contributed by atoms with Gasteiger partial charge in [-0.1, -0.05) is 12.1 Å². The molecule has 8 nitrogen and oxygen atoms in total. The lowest BCUT2D eigenvalue weighted by atomic mass is 10.2. The van der Waals surface area contributed by atoms with Crippen molar-refractivity contribution in [3.05, 3.63) is 11.7 Å². The maximum absolute atomic E-state index is 11.6. The van der Waals surface area contributed by atoms with Crippen molar-refractivity contribution in [3.8, 4) is 0 Å². The third-order valence-electron chi connectivity index (χ3n) is 3.33. The molecule has 1 fully saturated rings. The van der Waals surface area contributed by atoms with Crippen molar-refractivity contribution in [1.29, 1.82) is 0 Å². The van der Waals surface area contributed by atoms with Gasteiger partial charge in [0.05, 0.1) is 0 Å². The van der Waals surface area contributed by atoms with Crippen LogP contribution < -0.4 is 10.9 Å². The van der Waals surface area contributed by atoms with E-state index >= 15 is 0 Å². The van der Waals surface area contributed by atoms with Crippen LogP contribution in [0.4, 0.5) is 0 Å². The molecular weight excluding hydrogens is 288 g/mol. The lowest BCUT2D eigenvalue weighted by Crippen LogP contribution is -2.46. The molecule has 2 amide bonds. The number of ether oxygens (including phenoxy) is 1. The zero-order valence-corrected chi connectivity index (χ0v) is 12.8. The van der Waals surface area contributed by atoms with E-state index in [1.54, 1.807) is 0 Å². The van der Waals surface area contributed by atoms with Gasteiger partial charge >= 0.3 is 0 Å². The second-order valence-corrected chi connectivity index (χ2v) is 5.25. The highest BCUT2D eigenvalue weighted by Crippen LogP contribution is 2.11. The second-order valence-electron chi connectivity index (χ2n) is 5.25. The van der Waals surface area contributed by atoms with E-state index in [4.69, 9.17) is 9.26 Å². The van der Waals surface area contributed by atoms with Crippen LogP contribution in [-0.4, -0.2) is 34.7 Å². The topological polar surface area (TPSA) is 106 Å². The molecule has 0 aromatic carbocycles. The van der Waals surface area contributed by atoms with Crippen LogP contribution in [0.25, 0.3) is 0 Å². The lowest BCUT2D eigenvalue weighted by molar-refractivity contribution is -0.134. The summed E-state index contributed by atoms with van der Waals surface area (Å²) in [7, 11) is 0. The number of nitrogens with zero attached hydrogens (tertiary/aromatic N) is 2. The Morgan fingerprint density at radius 2 is 2.18 bits per heavy atom. The van der Waals surface area contributed by atoms with Crippen LogP contribution in [-0.2, 0) is 27.2 Å². The van der Waals surface area contributed by atoms with Crippen molar-refractivity contribution < 1.29 is 18.8 Å². The van der Waals surface area contributed by atoms with Crippen molar-refractivity contribution in [3.63, 3.8) is 0 Å². The van der Waals surface area contributed by atoms with E-state index in [0.29, 0.717) is 37.6 Å². The quantitative estimate of drug-likeness (QED) is 0.717. The van der Waals surface area contributed by atoms with Gasteiger partial charge in [0.2, 0.25) is 11.8 Å². The minimum Gasteiger partial charge on any atom is -0.368 e. The number of rotatable bonds is 7. The molecule has 122 valence electrons. The maximum Gasteiger partial charge on any atom is 0.267 e. The van der Waals surface area contributed by atoms with Gasteiger partial charge < -0.3 is 9.26 Å². The summed E-state index contributed by atoms with van der Waals surface area (Å²) in [6, 6.07) is 0. The Balaban J connectivity index is 1.59. The number of carbonyl (C=O) groups excluding carboxylic acids is 2. The Morgan fingerprint density at radius 3 is 2.91 bits per heavy atom. The maximum atomic E-state index is 11.6. The number of hydrazine groups is 1. The van der Waals surface area contributed by atoms with Crippen molar-refractivity contribution in [1.82, 2.24) is 21.0 Å². The van der Waals surface area contributed by atoms with Crippen molar-refractivity contribution >= 4 is 11.8 Å². The zero-order chi connectivity index (χ0) is 15.8. The monoisotopic (exact) mass is 310 g/mol. The standard InChI is InChI=1S/C14H22N4O4/c1-2-5-11-15-13(22-18-11)8-3-7-12(19)16-17-14(20)10-6-4-9-21-10/h10H,2-9H2,1H3,(H,16,19)(H,17,20). The van der Waals surface area contributed by atoms with Gasteiger partial charge in [-0.3, -0.25) is 20.4 Å². The summed E-state index contributed by atoms with van der Waals surface area (Å²) in [6.45, 7) is 2.64. The van der Waals surface area contributed by atoms with Crippen LogP contribution in [0.3, 0.4) is 0 Å². The molecule has 2 rings (SSSR count). The van der Waals surface area contributed by atoms with E-state index in [1.165, 1.54) is 0 Å². The third kappa shape index (κ3) is 5.10. The fourth-order valence-corrected chi connectivity index (χ4v) is 2.18. The minimum absolute atomic E-state index is 0.250. The molecule has 1 saturated heterocycles. The summed E-state index contributed by atoms with van der Waals surface area (Å²) in [5, 5.41) is 3.85. The smallest absolute Gasteiger partial charge is 0.267 e. The minimum atomic E-state index is -0.448. The molecular formula is C14H22N4O4. The molecule has 22 heavy (non-hydrogen) atoms. The Hall–Kier alpha value is -1.96. The Bertz CT molecular complexity index is 497. The summed E-state index contributed by atoms with van der Waals surface area (Å²) < 4.78 is 10.3. The lowest BCUT2D eigenvalue weighted by Gasteiger charge is -2.11. The number of nitrogens with one attached hydrogen (secondary N) is 2. The average molecular weight is 310 g/mol. The van der Waals surface area contributed by atoms with Gasteiger partial charge in [0.15, 0.2) is 5.82 Å². The summed E-state index contributed by atoms with van der Waals surface area (Å²) in [4.78, 5) is 27.5. The molecule has 0 aliphatic carbocycles. The van der Waals surface area contributed by atoms with Crippen LogP contribution in [0.1, 0.15) is 50.7 Å². The zero-order valence-electron chi connectivity index (χ0n) is 12.8. The van der Waals surface area contributed by atoms with Crippen LogP contribution in [0.5, 0.6) is 0 Å². The molecule has 1 aliphatic rings. The Morgan fingerprint density at radius 1 is 1.32 bits per heavy atom. The molecule has 1 atom stereocenters. The molecule has 1 aliphatic heterocycles. The number of hydrogen-bond donors (Lipinski definition) is 2. The fraction of sp³-hybridized carbons (Fsp3) is 0.714. The molecule has 0 radical (unpaired) electrons. The predicted octanol–water partition coefficient (Wildman–Crippen LogP) is 0.671. The average Bonchev–Trinajstić information content (AvgIpc) is 3.17. The number of amides is 2. The first-order chi connectivity index (χ1) is 10.7. The molecule has 0 bridgehead atoms. The molecule has 0 saturated carbocycles. The number of hydrogen-bond acceptors (Lipinski definition) is 6. The highest BCUT2D eigenvalue weighted by molar-refractivity contribution is 5.84. The predicted molar refractivity (Wildman–Crippen MR) is 76.5 cm³/mol. The number of aromatic nitrogens is 2. The van der Waals surface area contributed by atoms with E-state index in [1.807, 2.05) is 6.92 Å². The van der Waals surface area contributed by atoms with E-state index < -0.39 is 6.10 Å². The highest BCUT2D eigenvalue weighted by atomic mass is 16.5. The molecule has 0 spiro atoms. The number of aryl methyl sites for hydroxylation is 2. The van der Waals surface area contributed by atoms with Gasteiger partial charge in [-0.15, -0.1) is 0 Å². The van der Waals surface area contributed by atoms with Crippen LogP contribution in [0.15, 0.2) is 4.52 Å². The largest absolute Gasteiger partial charge is 0.368 e. The third-order valence-corrected chi connectivity index (χ3v) is 3.33. The molecule has 1 aromatic heterocycles. The van der Waals surface area contributed by atoms with Gasteiger partial charge in [0.1, 0.15) is 6.10 Å². The summed E-state index contributed by atoms with van der Waals surface area (Å²) in [5.41, 5.74) is 4.76. The van der Waals surface area contributed by atoms with Gasteiger partial charge in [-0.25, -0.2) is 0 Å². The summed E-state index contributed by atoms with van der Waals surface area (Å²) in [5.74, 6) is 0.692. The SMILES string of the molecule is CCCc1noc(CCCC(=O)NNC(=O)C2CCCO2)n1. The summed E-state index contributed by atoms with van der Waals surface area (Å²) >= 11 is 0. The normalized spacial score (nSPS) is 17.4. The summed E-state index contributed by atoms with van der Waals surface area (Å²) in [6.07, 6.45) is 4.27. The molecule has 1 aromatic rings. The molecule has 8 heteroatoms. The van der Waals surface area contributed by atoms with Crippen molar-refractivity contribution in [2.24, 2.45) is 0 Å². The van der Waals surface area contributed by atoms with Crippen molar-refractivity contribution in [2.45, 2.75) is 58.0 Å². The van der Waals surface area contributed by atoms with E-state index in [-0.39, 0.29) is 18.2 Å². The number of carbonyl (C=O) groups is 2. The van der Waals surface area contributed by atoms with Crippen LogP contribution >= 0.6 is 0 Å². The fourth-order valence-electron chi connectivity index (χ4n) is 2.18. The van der Waals surface area contributed by atoms with Crippen LogP contribution in [0, 0.1) is 0 Å². The van der Waals surface area contributed by atoms with Gasteiger partial charge in [-0.05, 0) is 25.7 Å². The highest BCUT2D eigenvalue weighted by Gasteiger charge is 2.23. The Kier molecular flexibility index (Phi) is 6.32. The first-order valence-electron chi connectivity index (χ1n) is 7.70. The van der Waals surface area contributed by atoms with Crippen LogP contribution in [0.2, 0.25) is 0 Å². The van der Waals surface area contributed by atoms with E-state index in [0.717, 1.165) is 19.3 Å². The van der Waals surface area contributed by atoms with E-state index in [9.17, 15) is 9.59 Å². The van der Waals surface area contributed by atoms with Gasteiger partial charge in [0.25, 0.3) is 5.91 Å². The first kappa shape index (κ1) is 16.4. The van der Waals surface area contributed by atoms with Gasteiger partial charge in [-0.2, -0.15) is 4.98 Å². The Labute approximate surface area is 128 Å². The van der Waals surface area contributed by atoms with Gasteiger partial charge in [0, 0.05) is 25.9 Å². The first-order valence-corrected chi connectivity index (χ1v) is 7.70. The van der Waals surface area contributed by atoms with E-state index in [2.05, 4.69) is 21.0 Å². The molecule has 2 N–H and O–H groups in total. The molecule has 1 unspecified atom stereocenters. The molecule has 2 heterocycles. The second kappa shape index (κ2) is 8.47. The van der Waals surface area contributed by atoms with Crippen molar-refractivity contribution in [2.75, 3.05) is 6.61 Å².